The maximum atomic E-state index is 6.37. The minimum absolute atomic E-state index is 0.276. The van der Waals surface area contributed by atoms with E-state index >= 15 is 0 Å². The Morgan fingerprint density at radius 3 is 2.06 bits per heavy atom. The second-order valence-corrected chi connectivity index (χ2v) is 14.4. The predicted octanol–water partition coefficient (Wildman–Crippen LogP) is 9.75. The Morgan fingerprint density at radius 2 is 1.34 bits per heavy atom. The molecule has 50 heavy (non-hydrogen) atoms. The number of ether oxygens (including phenoxy) is 2. The fourth-order valence-electron chi connectivity index (χ4n) is 7.71. The molecule has 6 aromatic rings. The monoisotopic (exact) mass is 665 g/mol. The van der Waals surface area contributed by atoms with E-state index in [1.54, 1.807) is 0 Å². The molecule has 0 saturated carbocycles. The van der Waals surface area contributed by atoms with Gasteiger partial charge in [-0.3, -0.25) is 0 Å². The maximum absolute atomic E-state index is 6.37. The van der Waals surface area contributed by atoms with E-state index in [4.69, 9.17) is 24.4 Å². The highest BCUT2D eigenvalue weighted by Crippen LogP contribution is 2.42. The van der Waals surface area contributed by atoms with E-state index in [0.717, 1.165) is 87.4 Å². The highest BCUT2D eigenvalue weighted by Gasteiger charge is 2.23. The molecule has 0 spiro atoms. The van der Waals surface area contributed by atoms with Crippen LogP contribution in [0.1, 0.15) is 70.4 Å². The minimum Gasteiger partial charge on any atom is -0.478 e. The Bertz CT molecular complexity index is 2200. The van der Waals surface area contributed by atoms with E-state index in [0.29, 0.717) is 31.6 Å². The summed E-state index contributed by atoms with van der Waals surface area (Å²) in [7, 11) is 0. The van der Waals surface area contributed by atoms with Crippen molar-refractivity contribution in [2.75, 3.05) is 55.8 Å². The number of para-hydroxylation sites is 1. The van der Waals surface area contributed by atoms with Gasteiger partial charge in [-0.2, -0.15) is 0 Å². The lowest BCUT2D eigenvalue weighted by Crippen LogP contribution is -2.37. The molecule has 7 nitrogen and oxygen atoms in total. The molecule has 8 rings (SSSR count). The summed E-state index contributed by atoms with van der Waals surface area (Å²) in [6.45, 7) is 16.8. The standard InChI is InChI=1S/C43H47N5O2/c1-6-50-43-36(31-23-33(27(2)3)32-13-14-41(44-39(32)25-31)47-15-9-10-16-47)26-37-34(28(4)5)22-30(24-40(37)46-43)35-21-29-11-7-8-12-38(29)45-42(35)48-17-19-49-20-18-48/h7-8,11-14,21-28H,6,9-10,15-20H2,1-5H3. The van der Waals surface area contributed by atoms with E-state index < -0.39 is 0 Å². The topological polar surface area (TPSA) is 63.6 Å². The minimum atomic E-state index is 0.276. The smallest absolute Gasteiger partial charge is 0.221 e. The zero-order valence-corrected chi connectivity index (χ0v) is 30.0. The lowest BCUT2D eigenvalue weighted by molar-refractivity contribution is 0.122. The summed E-state index contributed by atoms with van der Waals surface area (Å²) in [5.74, 6) is 3.34. The number of aromatic nitrogens is 3. The fraction of sp³-hybridized carbons (Fsp3) is 0.372. The van der Waals surface area contributed by atoms with E-state index in [9.17, 15) is 0 Å². The molecular weight excluding hydrogens is 619 g/mol. The van der Waals surface area contributed by atoms with Crippen LogP contribution in [0.25, 0.3) is 55.0 Å². The highest BCUT2D eigenvalue weighted by atomic mass is 16.5. The molecular formula is C43H47N5O2. The SMILES string of the molecule is CCOc1nc2cc(-c3cc4ccccc4nc3N3CCOCC3)cc(C(C)C)c2cc1-c1cc(C(C)C)c2ccc(N3CCCC3)nc2c1. The van der Waals surface area contributed by atoms with Crippen molar-refractivity contribution in [3.63, 3.8) is 0 Å². The Balaban J connectivity index is 1.32. The van der Waals surface area contributed by atoms with Crippen molar-refractivity contribution in [3.8, 4) is 28.1 Å². The third-order valence-corrected chi connectivity index (χ3v) is 10.3. The van der Waals surface area contributed by atoms with Gasteiger partial charge < -0.3 is 19.3 Å². The molecule has 3 aromatic heterocycles. The first-order valence-corrected chi connectivity index (χ1v) is 18.4. The first-order chi connectivity index (χ1) is 24.4. The molecule has 2 aliphatic rings. The Labute approximate surface area is 295 Å². The van der Waals surface area contributed by atoms with Crippen LogP contribution in [0.3, 0.4) is 0 Å². The van der Waals surface area contributed by atoms with E-state index in [1.807, 2.05) is 6.92 Å². The number of pyridine rings is 3. The van der Waals surface area contributed by atoms with Crippen molar-refractivity contribution >= 4 is 44.3 Å². The Hall–Kier alpha value is -4.75. The van der Waals surface area contributed by atoms with Crippen LogP contribution in [0.15, 0.2) is 72.8 Å². The molecule has 0 bridgehead atoms. The molecule has 2 saturated heterocycles. The van der Waals surface area contributed by atoms with Gasteiger partial charge in [-0.05, 0) is 102 Å². The fourth-order valence-corrected chi connectivity index (χ4v) is 7.71. The molecule has 2 fully saturated rings. The number of hydrogen-bond acceptors (Lipinski definition) is 7. The third-order valence-electron chi connectivity index (χ3n) is 10.3. The first-order valence-electron chi connectivity index (χ1n) is 18.4. The van der Waals surface area contributed by atoms with Gasteiger partial charge in [0.05, 0.1) is 36.4 Å². The zero-order valence-electron chi connectivity index (χ0n) is 30.0. The molecule has 256 valence electrons. The number of rotatable bonds is 8. The van der Waals surface area contributed by atoms with Gasteiger partial charge in [0.15, 0.2) is 0 Å². The van der Waals surface area contributed by atoms with Crippen LogP contribution in [0.4, 0.5) is 11.6 Å². The van der Waals surface area contributed by atoms with E-state index in [-0.39, 0.29) is 5.92 Å². The molecule has 3 aromatic carbocycles. The molecule has 0 unspecified atom stereocenters. The van der Waals surface area contributed by atoms with Crippen LogP contribution in [0, 0.1) is 0 Å². The van der Waals surface area contributed by atoms with Gasteiger partial charge in [0, 0.05) is 53.5 Å². The summed E-state index contributed by atoms with van der Waals surface area (Å²) in [6, 6.07) is 26.6. The van der Waals surface area contributed by atoms with E-state index in [2.05, 4.69) is 110 Å². The summed E-state index contributed by atoms with van der Waals surface area (Å²) in [5.41, 5.74) is 9.85. The van der Waals surface area contributed by atoms with Crippen molar-refractivity contribution in [1.82, 2.24) is 15.0 Å². The average Bonchev–Trinajstić information content (AvgIpc) is 3.69. The summed E-state index contributed by atoms with van der Waals surface area (Å²) < 4.78 is 12.1. The van der Waals surface area contributed by atoms with Gasteiger partial charge in [0.2, 0.25) is 5.88 Å². The number of morpholine rings is 1. The van der Waals surface area contributed by atoms with Crippen molar-refractivity contribution in [2.45, 2.75) is 59.3 Å². The van der Waals surface area contributed by atoms with Crippen molar-refractivity contribution in [2.24, 2.45) is 0 Å². The molecule has 5 heterocycles. The van der Waals surface area contributed by atoms with Crippen molar-refractivity contribution in [3.05, 3.63) is 83.9 Å². The van der Waals surface area contributed by atoms with Crippen LogP contribution < -0.4 is 14.5 Å². The van der Waals surface area contributed by atoms with Crippen LogP contribution in [0.5, 0.6) is 5.88 Å². The first kappa shape index (κ1) is 32.5. The average molecular weight is 666 g/mol. The summed E-state index contributed by atoms with van der Waals surface area (Å²) in [5, 5.41) is 3.49. The third kappa shape index (κ3) is 6.02. The Kier molecular flexibility index (Phi) is 8.77. The number of nitrogens with zero attached hydrogens (tertiary/aromatic N) is 5. The second kappa shape index (κ2) is 13.5. The molecule has 7 heteroatoms. The second-order valence-electron chi connectivity index (χ2n) is 14.4. The lowest BCUT2D eigenvalue weighted by Gasteiger charge is -2.30. The van der Waals surface area contributed by atoms with Gasteiger partial charge in [-0.15, -0.1) is 0 Å². The highest BCUT2D eigenvalue weighted by molar-refractivity contribution is 5.97. The van der Waals surface area contributed by atoms with Crippen LogP contribution >= 0.6 is 0 Å². The number of hydrogen-bond donors (Lipinski definition) is 0. The number of fused-ring (bicyclic) bond motifs is 3. The van der Waals surface area contributed by atoms with Crippen molar-refractivity contribution in [1.29, 1.82) is 0 Å². The quantitative estimate of drug-likeness (QED) is 0.160. The largest absolute Gasteiger partial charge is 0.478 e. The normalized spacial score (nSPS) is 15.3. The van der Waals surface area contributed by atoms with Crippen molar-refractivity contribution < 1.29 is 9.47 Å². The molecule has 0 atom stereocenters. The van der Waals surface area contributed by atoms with Gasteiger partial charge in [0.1, 0.15) is 11.6 Å². The molecule has 0 aliphatic carbocycles. The Morgan fingerprint density at radius 1 is 0.660 bits per heavy atom. The molecule has 0 N–H and O–H groups in total. The summed E-state index contributed by atoms with van der Waals surface area (Å²) in [6.07, 6.45) is 2.45. The summed E-state index contributed by atoms with van der Waals surface area (Å²) >= 11 is 0. The zero-order chi connectivity index (χ0) is 34.4. The number of anilines is 2. The predicted molar refractivity (Wildman–Crippen MR) is 207 cm³/mol. The molecule has 2 aliphatic heterocycles. The van der Waals surface area contributed by atoms with Gasteiger partial charge in [-0.1, -0.05) is 52.0 Å². The summed E-state index contributed by atoms with van der Waals surface area (Å²) in [4.78, 5) is 20.5. The molecule has 0 radical (unpaired) electrons. The number of benzene rings is 3. The van der Waals surface area contributed by atoms with Crippen LogP contribution in [-0.4, -0.2) is 61.0 Å². The maximum Gasteiger partial charge on any atom is 0.221 e. The van der Waals surface area contributed by atoms with Gasteiger partial charge in [-0.25, -0.2) is 15.0 Å². The van der Waals surface area contributed by atoms with Gasteiger partial charge >= 0.3 is 0 Å². The van der Waals surface area contributed by atoms with Crippen LogP contribution in [0.2, 0.25) is 0 Å². The van der Waals surface area contributed by atoms with Gasteiger partial charge in [0.25, 0.3) is 0 Å². The van der Waals surface area contributed by atoms with Crippen LogP contribution in [-0.2, 0) is 4.74 Å². The lowest BCUT2D eigenvalue weighted by atomic mass is 9.90. The van der Waals surface area contributed by atoms with E-state index in [1.165, 1.54) is 29.4 Å². The molecule has 0 amide bonds.